The van der Waals surface area contributed by atoms with Gasteiger partial charge in [-0.25, -0.2) is 0 Å². The maximum absolute atomic E-state index is 12.9. The second-order valence-electron chi connectivity index (χ2n) is 9.67. The summed E-state index contributed by atoms with van der Waals surface area (Å²) in [4.78, 5) is 12.9. The third-order valence-corrected chi connectivity index (χ3v) is 6.04. The summed E-state index contributed by atoms with van der Waals surface area (Å²) in [6.07, 6.45) is 0. The highest BCUT2D eigenvalue weighted by Gasteiger charge is 2.14. The molecule has 0 atom stereocenters. The summed E-state index contributed by atoms with van der Waals surface area (Å²) < 4.78 is 7.80. The number of amides is 1. The first-order valence-electron chi connectivity index (χ1n) is 11.6. The molecular formula is C29H30ClN3O2. The minimum atomic E-state index is -0.211. The highest BCUT2D eigenvalue weighted by molar-refractivity contribution is 6.30. The Bertz CT molecular complexity index is 1300. The molecular weight excluding hydrogens is 458 g/mol. The average Bonchev–Trinajstić information content (AvgIpc) is 3.17. The quantitative estimate of drug-likeness (QED) is 0.304. The molecule has 0 radical (unpaired) electrons. The monoisotopic (exact) mass is 487 g/mol. The van der Waals surface area contributed by atoms with Gasteiger partial charge in [-0.1, -0.05) is 68.8 Å². The summed E-state index contributed by atoms with van der Waals surface area (Å²) in [6, 6.07) is 25.1. The van der Waals surface area contributed by atoms with Crippen LogP contribution in [0.25, 0.3) is 0 Å². The topological polar surface area (TPSA) is 56.1 Å². The molecule has 180 valence electrons. The van der Waals surface area contributed by atoms with E-state index in [0.717, 1.165) is 22.6 Å². The summed E-state index contributed by atoms with van der Waals surface area (Å²) in [5, 5.41) is 8.14. The number of carbonyl (C=O) groups excluding carboxylic acids is 1. The molecule has 0 saturated carbocycles. The van der Waals surface area contributed by atoms with Gasteiger partial charge in [0.15, 0.2) is 5.82 Å². The van der Waals surface area contributed by atoms with Crippen LogP contribution in [-0.2, 0) is 18.6 Å². The molecule has 4 aromatic rings. The lowest BCUT2D eigenvalue weighted by molar-refractivity contribution is 0.102. The molecule has 3 aromatic carbocycles. The van der Waals surface area contributed by atoms with Gasteiger partial charge >= 0.3 is 0 Å². The summed E-state index contributed by atoms with van der Waals surface area (Å²) >= 11 is 5.97. The fourth-order valence-electron chi connectivity index (χ4n) is 3.70. The van der Waals surface area contributed by atoms with Gasteiger partial charge in [-0.2, -0.15) is 5.10 Å². The van der Waals surface area contributed by atoms with E-state index in [0.29, 0.717) is 29.6 Å². The van der Waals surface area contributed by atoms with Crippen molar-refractivity contribution < 1.29 is 9.53 Å². The zero-order chi connectivity index (χ0) is 25.0. The number of rotatable bonds is 7. The zero-order valence-electron chi connectivity index (χ0n) is 20.5. The molecule has 1 amide bonds. The Labute approximate surface area is 211 Å². The van der Waals surface area contributed by atoms with Crippen LogP contribution in [0.3, 0.4) is 0 Å². The zero-order valence-corrected chi connectivity index (χ0v) is 21.3. The van der Waals surface area contributed by atoms with Crippen LogP contribution in [0.1, 0.15) is 53.5 Å². The van der Waals surface area contributed by atoms with Gasteiger partial charge in [0.25, 0.3) is 5.91 Å². The predicted molar refractivity (Wildman–Crippen MR) is 141 cm³/mol. The number of halogens is 1. The minimum Gasteiger partial charge on any atom is -0.489 e. The lowest BCUT2D eigenvalue weighted by atomic mass is 9.87. The van der Waals surface area contributed by atoms with Crippen LogP contribution in [0.5, 0.6) is 5.75 Å². The smallest absolute Gasteiger partial charge is 0.256 e. The number of aryl methyl sites for hydroxylation is 1. The van der Waals surface area contributed by atoms with Crippen molar-refractivity contribution in [2.75, 3.05) is 5.32 Å². The number of hydrogen-bond acceptors (Lipinski definition) is 3. The maximum Gasteiger partial charge on any atom is 0.256 e. The third kappa shape index (κ3) is 6.52. The van der Waals surface area contributed by atoms with Gasteiger partial charge in [-0.05, 0) is 65.4 Å². The summed E-state index contributed by atoms with van der Waals surface area (Å²) in [7, 11) is 0. The number of nitrogens with one attached hydrogen (secondary N) is 1. The summed E-state index contributed by atoms with van der Waals surface area (Å²) in [5.41, 5.74) is 4.87. The van der Waals surface area contributed by atoms with Crippen molar-refractivity contribution in [3.63, 3.8) is 0 Å². The number of hydrogen-bond donors (Lipinski definition) is 1. The van der Waals surface area contributed by atoms with Crippen LogP contribution in [0.2, 0.25) is 5.02 Å². The van der Waals surface area contributed by atoms with Gasteiger partial charge in [-0.3, -0.25) is 9.48 Å². The molecule has 1 heterocycles. The van der Waals surface area contributed by atoms with Crippen molar-refractivity contribution in [3.05, 3.63) is 112 Å². The Morgan fingerprint density at radius 2 is 1.69 bits per heavy atom. The van der Waals surface area contributed by atoms with E-state index >= 15 is 0 Å². The van der Waals surface area contributed by atoms with E-state index < -0.39 is 0 Å². The highest BCUT2D eigenvalue weighted by Crippen LogP contribution is 2.24. The number of aromatic nitrogens is 2. The van der Waals surface area contributed by atoms with Gasteiger partial charge < -0.3 is 10.1 Å². The molecule has 0 aliphatic heterocycles. The number of anilines is 1. The molecule has 0 saturated heterocycles. The normalized spacial score (nSPS) is 11.3. The predicted octanol–water partition coefficient (Wildman–Crippen LogP) is 7.02. The van der Waals surface area contributed by atoms with Crippen LogP contribution in [0.4, 0.5) is 5.82 Å². The second kappa shape index (κ2) is 10.4. The van der Waals surface area contributed by atoms with E-state index in [-0.39, 0.29) is 11.3 Å². The van der Waals surface area contributed by atoms with Crippen molar-refractivity contribution in [3.8, 4) is 5.75 Å². The lowest BCUT2D eigenvalue weighted by Gasteiger charge is -2.19. The van der Waals surface area contributed by atoms with Gasteiger partial charge in [0.1, 0.15) is 12.4 Å². The van der Waals surface area contributed by atoms with E-state index in [9.17, 15) is 4.79 Å². The van der Waals surface area contributed by atoms with Crippen LogP contribution in [-0.4, -0.2) is 15.7 Å². The molecule has 6 heteroatoms. The summed E-state index contributed by atoms with van der Waals surface area (Å²) in [6.45, 7) is 9.50. The Morgan fingerprint density at radius 1 is 0.971 bits per heavy atom. The van der Waals surface area contributed by atoms with Crippen molar-refractivity contribution in [1.29, 1.82) is 0 Å². The summed E-state index contributed by atoms with van der Waals surface area (Å²) in [5.74, 6) is 1.11. The third-order valence-electron chi connectivity index (χ3n) is 5.78. The van der Waals surface area contributed by atoms with E-state index in [1.165, 1.54) is 5.56 Å². The van der Waals surface area contributed by atoms with Crippen molar-refractivity contribution in [2.45, 2.75) is 46.3 Å². The number of ether oxygens (including phenoxy) is 1. The molecule has 0 aliphatic carbocycles. The Kier molecular flexibility index (Phi) is 7.27. The Hall–Kier alpha value is -3.57. The molecule has 4 rings (SSSR count). The largest absolute Gasteiger partial charge is 0.489 e. The molecule has 0 fully saturated rings. The highest BCUT2D eigenvalue weighted by atomic mass is 35.5. The van der Waals surface area contributed by atoms with Gasteiger partial charge in [0, 0.05) is 22.3 Å². The molecule has 1 aromatic heterocycles. The molecule has 0 bridgehead atoms. The molecule has 0 aliphatic rings. The van der Waals surface area contributed by atoms with Crippen LogP contribution < -0.4 is 10.1 Å². The fourth-order valence-corrected chi connectivity index (χ4v) is 3.83. The number of benzene rings is 3. The first-order valence-corrected chi connectivity index (χ1v) is 12.0. The van der Waals surface area contributed by atoms with Crippen molar-refractivity contribution >= 4 is 23.3 Å². The van der Waals surface area contributed by atoms with E-state index in [1.807, 2.05) is 72.3 Å². The number of carbonyl (C=O) groups is 1. The Balaban J connectivity index is 1.38. The second-order valence-corrected chi connectivity index (χ2v) is 10.1. The van der Waals surface area contributed by atoms with Crippen LogP contribution in [0, 0.1) is 6.92 Å². The van der Waals surface area contributed by atoms with Crippen LogP contribution >= 0.6 is 11.6 Å². The Morgan fingerprint density at radius 3 is 2.37 bits per heavy atom. The maximum atomic E-state index is 12.9. The lowest BCUT2D eigenvalue weighted by Crippen LogP contribution is -2.13. The van der Waals surface area contributed by atoms with Crippen LogP contribution in [0.15, 0.2) is 78.9 Å². The minimum absolute atomic E-state index is 0.102. The van der Waals surface area contributed by atoms with Gasteiger partial charge in [-0.15, -0.1) is 0 Å². The van der Waals surface area contributed by atoms with Crippen molar-refractivity contribution in [1.82, 2.24) is 9.78 Å². The number of nitrogens with zero attached hydrogens (tertiary/aromatic N) is 2. The molecule has 0 spiro atoms. The molecule has 5 nitrogen and oxygen atoms in total. The van der Waals surface area contributed by atoms with E-state index in [4.69, 9.17) is 16.3 Å². The fraction of sp³-hybridized carbons (Fsp3) is 0.241. The standard InChI is InChI=1S/C29H30ClN3O2/c1-20-16-27(32-33(20)18-21-8-12-25(30)13-9-21)31-28(34)23-7-5-6-22(17-23)19-35-26-14-10-24(11-15-26)29(2,3)4/h5-17H,18-19H2,1-4H3,(H,31,32,34). The van der Waals surface area contributed by atoms with Gasteiger partial charge in [0.05, 0.1) is 6.54 Å². The SMILES string of the molecule is Cc1cc(NC(=O)c2cccc(COc3ccc(C(C)(C)C)cc3)c2)nn1Cc1ccc(Cl)cc1. The molecule has 0 unspecified atom stereocenters. The average molecular weight is 488 g/mol. The van der Waals surface area contributed by atoms with Gasteiger partial charge in [0.2, 0.25) is 0 Å². The first-order chi connectivity index (χ1) is 16.7. The van der Waals surface area contributed by atoms with E-state index in [1.54, 1.807) is 6.07 Å². The van der Waals surface area contributed by atoms with Crippen molar-refractivity contribution in [2.24, 2.45) is 0 Å². The first kappa shape index (κ1) is 24.6. The van der Waals surface area contributed by atoms with E-state index in [2.05, 4.69) is 43.3 Å². The molecule has 1 N–H and O–H groups in total. The molecule has 35 heavy (non-hydrogen) atoms.